The molecule has 2 nitrogen and oxygen atoms in total. The van der Waals surface area contributed by atoms with Crippen LogP contribution in [0.1, 0.15) is 20.3 Å². The summed E-state index contributed by atoms with van der Waals surface area (Å²) < 4.78 is 0. The van der Waals surface area contributed by atoms with Gasteiger partial charge in [0.25, 0.3) is 0 Å². The summed E-state index contributed by atoms with van der Waals surface area (Å²) in [5.74, 6) is -0.125. The van der Waals surface area contributed by atoms with Crippen molar-refractivity contribution in [3.05, 3.63) is 0 Å². The van der Waals surface area contributed by atoms with E-state index in [1.807, 2.05) is 0 Å². The molecule has 0 spiro atoms. The average molecular weight is 187 g/mol. The minimum atomic E-state index is -0.0625. The van der Waals surface area contributed by atoms with E-state index < -0.39 is 0 Å². The first kappa shape index (κ1) is 11.9. The molecule has 0 rings (SSSR count). The maximum atomic E-state index is 10.0. The van der Waals surface area contributed by atoms with E-state index in [1.54, 1.807) is 0 Å². The molecule has 0 aliphatic heterocycles. The van der Waals surface area contributed by atoms with Crippen LogP contribution in [-0.4, -0.2) is 69.8 Å². The molecule has 8 heavy (non-hydrogen) atoms. The first-order chi connectivity index (χ1) is 3.13. The van der Waals surface area contributed by atoms with Crippen LogP contribution in [0.2, 0.25) is 0 Å². The third-order valence-corrected chi connectivity index (χ3v) is 0.498. The summed E-state index contributed by atoms with van der Waals surface area (Å²) in [4.78, 5) is 20.1. The van der Waals surface area contributed by atoms with Gasteiger partial charge in [-0.1, -0.05) is 0 Å². The Morgan fingerprint density at radius 1 is 1.12 bits per heavy atom. The van der Waals surface area contributed by atoms with Gasteiger partial charge < -0.3 is 0 Å². The molecule has 0 N–H and O–H groups in total. The van der Waals surface area contributed by atoms with E-state index in [-0.39, 0.29) is 76.2 Å². The summed E-state index contributed by atoms with van der Waals surface area (Å²) in [5, 5.41) is 0. The molecule has 0 aromatic carbocycles. The van der Waals surface area contributed by atoms with Crippen LogP contribution in [-0.2, 0) is 9.59 Å². The van der Waals surface area contributed by atoms with Gasteiger partial charge in [0, 0.05) is 0 Å². The summed E-state index contributed by atoms with van der Waals surface area (Å²) in [7, 11) is 0. The molecule has 0 bridgehead atoms. The first-order valence-electron chi connectivity index (χ1n) is 2.12. The zero-order chi connectivity index (χ0) is 5.86. The molecule has 0 aromatic heterocycles. The Balaban J connectivity index is 0. The third-order valence-electron chi connectivity index (χ3n) is 0.498. The first-order valence-corrected chi connectivity index (χ1v) is 2.12. The van der Waals surface area contributed by atoms with Crippen molar-refractivity contribution < 1.29 is 9.59 Å². The Bertz CT molecular complexity index is 86.6. The summed E-state index contributed by atoms with van der Waals surface area (Å²) in [6, 6.07) is 0. The van der Waals surface area contributed by atoms with Gasteiger partial charge in [-0.25, -0.2) is 0 Å². The van der Waals surface area contributed by atoms with Crippen LogP contribution in [0.5, 0.6) is 0 Å². The number of hydrogen-bond acceptors (Lipinski definition) is 2. The standard InChI is InChI=1S/C5H8O2.Rb.H/c1-4(6)3-5(2)7;;/h3H2,1-2H3;;. The van der Waals surface area contributed by atoms with E-state index in [1.165, 1.54) is 13.8 Å². The molecule has 0 aromatic rings. The van der Waals surface area contributed by atoms with Crippen LogP contribution in [0, 0.1) is 0 Å². The normalized spacial score (nSPS) is 7.25. The van der Waals surface area contributed by atoms with Crippen LogP contribution in [0.3, 0.4) is 0 Å². The van der Waals surface area contributed by atoms with Crippen molar-refractivity contribution in [1.82, 2.24) is 0 Å². The number of carbonyl (C=O) groups excluding carboxylic acids is 2. The van der Waals surface area contributed by atoms with Crippen molar-refractivity contribution in [3.63, 3.8) is 0 Å². The molecule has 0 amide bonds. The van der Waals surface area contributed by atoms with E-state index >= 15 is 0 Å². The van der Waals surface area contributed by atoms with Crippen molar-refractivity contribution in [2.24, 2.45) is 0 Å². The number of carbonyl (C=O) groups is 2. The Morgan fingerprint density at radius 3 is 1.38 bits per heavy atom. The fraction of sp³-hybridized carbons (Fsp3) is 0.600. The molecular formula is C5H9O2Rb. The molecule has 0 saturated heterocycles. The van der Waals surface area contributed by atoms with Gasteiger partial charge in [-0.2, -0.15) is 0 Å². The van der Waals surface area contributed by atoms with Crippen molar-refractivity contribution in [2.75, 3.05) is 0 Å². The molecule has 0 radical (unpaired) electrons. The average Bonchev–Trinajstić information content (AvgIpc) is 1.27. The SMILES string of the molecule is CC(=O)CC(C)=O.[RbH]. The molecule has 42 valence electrons. The van der Waals surface area contributed by atoms with Gasteiger partial charge in [0.15, 0.2) is 0 Å². The van der Waals surface area contributed by atoms with Gasteiger partial charge in [-0.05, 0) is 13.8 Å². The van der Waals surface area contributed by atoms with Crippen LogP contribution in [0.15, 0.2) is 0 Å². The summed E-state index contributed by atoms with van der Waals surface area (Å²) in [5.41, 5.74) is 0. The van der Waals surface area contributed by atoms with E-state index in [0.717, 1.165) is 0 Å². The van der Waals surface area contributed by atoms with Gasteiger partial charge in [0.1, 0.15) is 11.6 Å². The summed E-state index contributed by atoms with van der Waals surface area (Å²) >= 11 is 0. The number of ketones is 2. The van der Waals surface area contributed by atoms with Gasteiger partial charge in [0.2, 0.25) is 0 Å². The monoisotopic (exact) mass is 186 g/mol. The van der Waals surface area contributed by atoms with E-state index in [2.05, 4.69) is 0 Å². The Kier molecular flexibility index (Phi) is 9.31. The fourth-order valence-electron chi connectivity index (χ4n) is 0.351. The van der Waals surface area contributed by atoms with Crippen molar-refractivity contribution in [3.8, 4) is 0 Å². The molecule has 0 aliphatic carbocycles. The zero-order valence-electron chi connectivity index (χ0n) is 4.52. The van der Waals surface area contributed by atoms with Crippen LogP contribution >= 0.6 is 0 Å². The second kappa shape index (κ2) is 6.27. The molecule has 0 fully saturated rings. The molecule has 0 heterocycles. The molecule has 0 unspecified atom stereocenters. The molecule has 0 atom stereocenters. The predicted octanol–water partition coefficient (Wildman–Crippen LogP) is -0.0940. The molecular weight excluding hydrogens is 178 g/mol. The quantitative estimate of drug-likeness (QED) is 0.565. The molecule has 3 heteroatoms. The van der Waals surface area contributed by atoms with Crippen LogP contribution in [0.25, 0.3) is 0 Å². The number of rotatable bonds is 2. The van der Waals surface area contributed by atoms with E-state index in [4.69, 9.17) is 0 Å². The van der Waals surface area contributed by atoms with Gasteiger partial charge >= 0.3 is 58.2 Å². The zero-order valence-corrected chi connectivity index (χ0v) is 4.52. The Morgan fingerprint density at radius 2 is 1.38 bits per heavy atom. The van der Waals surface area contributed by atoms with Gasteiger partial charge in [-0.15, -0.1) is 0 Å². The number of hydrogen-bond donors (Lipinski definition) is 0. The topological polar surface area (TPSA) is 34.1 Å². The fourth-order valence-corrected chi connectivity index (χ4v) is 0.351. The number of Topliss-reactive ketones (excluding diaryl/α,β-unsaturated/α-hetero) is 2. The van der Waals surface area contributed by atoms with Gasteiger partial charge in [-0.3, -0.25) is 9.59 Å². The second-order valence-electron chi connectivity index (χ2n) is 1.58. The predicted molar refractivity (Wildman–Crippen MR) is 33.1 cm³/mol. The van der Waals surface area contributed by atoms with E-state index in [0.29, 0.717) is 0 Å². The summed E-state index contributed by atoms with van der Waals surface area (Å²) in [6.07, 6.45) is 0.0833. The van der Waals surface area contributed by atoms with Crippen LogP contribution < -0.4 is 0 Å². The summed E-state index contributed by atoms with van der Waals surface area (Å²) in [6.45, 7) is 2.81. The van der Waals surface area contributed by atoms with Crippen molar-refractivity contribution in [1.29, 1.82) is 0 Å². The van der Waals surface area contributed by atoms with E-state index in [9.17, 15) is 9.59 Å². The maximum absolute atomic E-state index is 10.0. The van der Waals surface area contributed by atoms with Crippen LogP contribution in [0.4, 0.5) is 0 Å². The third kappa shape index (κ3) is 10.2. The Labute approximate surface area is 97.8 Å². The molecule has 0 aliphatic rings. The Hall–Kier alpha value is 1.15. The second-order valence-corrected chi connectivity index (χ2v) is 1.58. The van der Waals surface area contributed by atoms with Crippen molar-refractivity contribution >= 4 is 69.8 Å². The van der Waals surface area contributed by atoms with Crippen molar-refractivity contribution in [2.45, 2.75) is 20.3 Å². The molecule has 0 saturated carbocycles. The minimum absolute atomic E-state index is 0. The van der Waals surface area contributed by atoms with Gasteiger partial charge in [0.05, 0.1) is 6.42 Å².